The molecule has 0 atom stereocenters. The summed E-state index contributed by atoms with van der Waals surface area (Å²) in [7, 11) is -3.98. The number of rotatable bonds is 3. The number of aliphatic imine (C=N–C) groups is 1. The van der Waals surface area contributed by atoms with Gasteiger partial charge in [0.25, 0.3) is 10.0 Å². The van der Waals surface area contributed by atoms with E-state index < -0.39 is 16.1 Å². The molecule has 0 N–H and O–H groups in total. The number of aryl methyl sites for hydroxylation is 1. The summed E-state index contributed by atoms with van der Waals surface area (Å²) in [5.41, 5.74) is 0.897. The molecule has 0 unspecified atom stereocenters. The van der Waals surface area contributed by atoms with Gasteiger partial charge < -0.3 is 0 Å². The van der Waals surface area contributed by atoms with Crippen molar-refractivity contribution in [1.29, 1.82) is 0 Å². The standard InChI is InChI=1S/C11H12N2O4S/c1-3-13(11(15)12-8-14)18(16,17)10-6-4-9(2)5-7-10/h4-7H,3H2,1-2H3. The molecule has 0 saturated carbocycles. The summed E-state index contributed by atoms with van der Waals surface area (Å²) in [4.78, 5) is 24.2. The van der Waals surface area contributed by atoms with Crippen LogP contribution in [0.4, 0.5) is 4.79 Å². The third kappa shape index (κ3) is 2.82. The van der Waals surface area contributed by atoms with Gasteiger partial charge in [0.05, 0.1) is 4.90 Å². The van der Waals surface area contributed by atoms with Gasteiger partial charge in [-0.1, -0.05) is 17.7 Å². The number of urea groups is 1. The van der Waals surface area contributed by atoms with Crippen LogP contribution in [0, 0.1) is 6.92 Å². The summed E-state index contributed by atoms with van der Waals surface area (Å²) in [5.74, 6) is 0. The Morgan fingerprint density at radius 2 is 1.89 bits per heavy atom. The lowest BCUT2D eigenvalue weighted by Gasteiger charge is -2.17. The normalized spacial score (nSPS) is 10.6. The fraction of sp³-hybridized carbons (Fsp3) is 0.273. The maximum Gasteiger partial charge on any atom is 0.368 e. The largest absolute Gasteiger partial charge is 0.368 e. The highest BCUT2D eigenvalue weighted by molar-refractivity contribution is 7.89. The van der Waals surface area contributed by atoms with Crippen LogP contribution in [0.3, 0.4) is 0 Å². The van der Waals surface area contributed by atoms with Crippen LogP contribution in [0.1, 0.15) is 12.5 Å². The first-order valence-electron chi connectivity index (χ1n) is 5.14. The predicted octanol–water partition coefficient (Wildman–Crippen LogP) is 1.46. The molecule has 18 heavy (non-hydrogen) atoms. The first kappa shape index (κ1) is 14.1. The summed E-state index contributed by atoms with van der Waals surface area (Å²) in [6.07, 6.45) is 1.03. The minimum absolute atomic E-state index is 0.0237. The highest BCUT2D eigenvalue weighted by Crippen LogP contribution is 2.16. The van der Waals surface area contributed by atoms with Crippen LogP contribution in [0.15, 0.2) is 34.2 Å². The average Bonchev–Trinajstić information content (AvgIpc) is 2.30. The molecule has 0 spiro atoms. The highest BCUT2D eigenvalue weighted by Gasteiger charge is 2.27. The van der Waals surface area contributed by atoms with Crippen LogP contribution in [-0.4, -0.2) is 31.4 Å². The zero-order chi connectivity index (χ0) is 13.8. The molecule has 1 aromatic carbocycles. The third-order valence-corrected chi connectivity index (χ3v) is 4.11. The van der Waals surface area contributed by atoms with Gasteiger partial charge in [-0.15, -0.1) is 4.99 Å². The Labute approximate surface area is 105 Å². The number of amides is 2. The van der Waals surface area contributed by atoms with Crippen molar-refractivity contribution in [1.82, 2.24) is 4.31 Å². The summed E-state index contributed by atoms with van der Waals surface area (Å²) < 4.78 is 24.7. The molecule has 0 aliphatic rings. The minimum atomic E-state index is -3.98. The van der Waals surface area contributed by atoms with Crippen LogP contribution in [0.25, 0.3) is 0 Å². The molecule has 0 saturated heterocycles. The van der Waals surface area contributed by atoms with Gasteiger partial charge in [-0.05, 0) is 26.0 Å². The van der Waals surface area contributed by atoms with Crippen molar-refractivity contribution < 1.29 is 18.0 Å². The van der Waals surface area contributed by atoms with E-state index in [1.54, 1.807) is 12.1 Å². The van der Waals surface area contributed by atoms with Gasteiger partial charge in [0.15, 0.2) is 0 Å². The van der Waals surface area contributed by atoms with Crippen molar-refractivity contribution in [3.63, 3.8) is 0 Å². The van der Waals surface area contributed by atoms with Gasteiger partial charge in [-0.2, -0.15) is 0 Å². The Bertz CT molecular complexity index is 586. The Hall–Kier alpha value is -1.98. The number of hydrogen-bond acceptors (Lipinski definition) is 4. The lowest BCUT2D eigenvalue weighted by atomic mass is 10.2. The number of benzene rings is 1. The van der Waals surface area contributed by atoms with E-state index in [4.69, 9.17) is 0 Å². The maximum atomic E-state index is 12.1. The molecule has 0 bridgehead atoms. The molecule has 0 fully saturated rings. The zero-order valence-electron chi connectivity index (χ0n) is 9.95. The van der Waals surface area contributed by atoms with Crippen molar-refractivity contribution in [3.05, 3.63) is 29.8 Å². The molecular weight excluding hydrogens is 256 g/mol. The molecule has 0 aromatic heterocycles. The lowest BCUT2D eigenvalue weighted by molar-refractivity contribution is 0.233. The van der Waals surface area contributed by atoms with E-state index in [2.05, 4.69) is 4.99 Å². The van der Waals surface area contributed by atoms with Crippen molar-refractivity contribution in [2.24, 2.45) is 4.99 Å². The van der Waals surface area contributed by atoms with Crippen molar-refractivity contribution in [2.45, 2.75) is 18.7 Å². The van der Waals surface area contributed by atoms with Crippen LogP contribution in [-0.2, 0) is 14.8 Å². The average molecular weight is 268 g/mol. The van der Waals surface area contributed by atoms with Crippen LogP contribution >= 0.6 is 0 Å². The summed E-state index contributed by atoms with van der Waals surface area (Å²) >= 11 is 0. The summed E-state index contributed by atoms with van der Waals surface area (Å²) in [5, 5.41) is 0. The molecule has 6 nitrogen and oxygen atoms in total. The smallest absolute Gasteiger partial charge is 0.244 e. The second-order valence-electron chi connectivity index (χ2n) is 3.47. The van der Waals surface area contributed by atoms with Crippen molar-refractivity contribution in [2.75, 3.05) is 6.54 Å². The number of carbonyl (C=O) groups is 1. The molecule has 0 aliphatic carbocycles. The maximum absolute atomic E-state index is 12.1. The predicted molar refractivity (Wildman–Crippen MR) is 64.3 cm³/mol. The summed E-state index contributed by atoms with van der Waals surface area (Å²) in [6, 6.07) is 4.88. The van der Waals surface area contributed by atoms with Crippen LogP contribution < -0.4 is 0 Å². The van der Waals surface area contributed by atoms with E-state index in [9.17, 15) is 18.0 Å². The second-order valence-corrected chi connectivity index (χ2v) is 5.33. The molecule has 96 valence electrons. The van der Waals surface area contributed by atoms with Gasteiger partial charge in [-0.3, -0.25) is 0 Å². The third-order valence-electron chi connectivity index (χ3n) is 2.25. The van der Waals surface area contributed by atoms with E-state index in [1.807, 2.05) is 6.92 Å². The molecule has 0 aliphatic heterocycles. The topological polar surface area (TPSA) is 83.9 Å². The Kier molecular flexibility index (Phi) is 4.36. The van der Waals surface area contributed by atoms with Crippen LogP contribution in [0.5, 0.6) is 0 Å². The number of hydrogen-bond donors (Lipinski definition) is 0. The fourth-order valence-electron chi connectivity index (χ4n) is 1.34. The minimum Gasteiger partial charge on any atom is -0.244 e. The molecular formula is C11H12N2O4S. The second kappa shape index (κ2) is 5.57. The number of carbonyl (C=O) groups excluding carboxylic acids is 2. The van der Waals surface area contributed by atoms with E-state index in [0.717, 1.165) is 11.6 Å². The first-order chi connectivity index (χ1) is 8.43. The van der Waals surface area contributed by atoms with Gasteiger partial charge in [0.1, 0.15) is 0 Å². The Morgan fingerprint density at radius 1 is 1.33 bits per heavy atom. The first-order valence-corrected chi connectivity index (χ1v) is 6.58. The molecule has 7 heteroatoms. The zero-order valence-corrected chi connectivity index (χ0v) is 10.8. The van der Waals surface area contributed by atoms with Crippen LogP contribution in [0.2, 0.25) is 0 Å². The molecule has 0 heterocycles. The molecule has 0 radical (unpaired) electrons. The highest BCUT2D eigenvalue weighted by atomic mass is 32.2. The number of sulfonamides is 1. The monoisotopic (exact) mass is 268 g/mol. The van der Waals surface area contributed by atoms with E-state index in [-0.39, 0.29) is 11.4 Å². The number of nitrogens with zero attached hydrogens (tertiary/aromatic N) is 2. The molecule has 2 amide bonds. The summed E-state index contributed by atoms with van der Waals surface area (Å²) in [6.45, 7) is 3.18. The fourth-order valence-corrected chi connectivity index (χ4v) is 2.66. The van der Waals surface area contributed by atoms with Crippen molar-refractivity contribution >= 4 is 22.1 Å². The lowest BCUT2D eigenvalue weighted by Crippen LogP contribution is -2.34. The SMILES string of the molecule is CCN(C(=O)N=C=O)S(=O)(=O)c1ccc(C)cc1. The quantitative estimate of drug-likeness (QED) is 0.613. The number of isocyanates is 1. The van der Waals surface area contributed by atoms with Gasteiger partial charge in [0, 0.05) is 6.54 Å². The van der Waals surface area contributed by atoms with Gasteiger partial charge in [0.2, 0.25) is 6.08 Å². The molecule has 1 aromatic rings. The van der Waals surface area contributed by atoms with Gasteiger partial charge >= 0.3 is 6.03 Å². The van der Waals surface area contributed by atoms with E-state index >= 15 is 0 Å². The Morgan fingerprint density at radius 3 is 2.33 bits per heavy atom. The Balaban J connectivity index is 3.22. The van der Waals surface area contributed by atoms with E-state index in [0.29, 0.717) is 4.31 Å². The molecule has 1 rings (SSSR count). The van der Waals surface area contributed by atoms with E-state index in [1.165, 1.54) is 19.1 Å². The van der Waals surface area contributed by atoms with Crippen molar-refractivity contribution in [3.8, 4) is 0 Å². The van der Waals surface area contributed by atoms with Gasteiger partial charge in [-0.25, -0.2) is 22.3 Å².